The van der Waals surface area contributed by atoms with Crippen LogP contribution in [-0.2, 0) is 4.79 Å². The second-order valence-electron chi connectivity index (χ2n) is 6.44. The Labute approximate surface area is 110 Å². The molecular formula is C14H26N2O2. The molecule has 18 heavy (non-hydrogen) atoms. The largest absolute Gasteiger partial charge is 0.392 e. The van der Waals surface area contributed by atoms with Crippen molar-refractivity contribution < 1.29 is 9.90 Å². The van der Waals surface area contributed by atoms with Gasteiger partial charge in [-0.05, 0) is 44.7 Å². The first kappa shape index (κ1) is 13.8. The standard InChI is InChI=1S/C14H26N2O2/c1-14(2)11(8-12(14)17)16-13(18)6-5-10-4-3-7-15-9-10/h10-12,15,17H,3-9H2,1-2H3,(H,16,18). The van der Waals surface area contributed by atoms with Crippen LogP contribution >= 0.6 is 0 Å². The minimum Gasteiger partial charge on any atom is -0.392 e. The van der Waals surface area contributed by atoms with Gasteiger partial charge in [0.05, 0.1) is 6.10 Å². The van der Waals surface area contributed by atoms with Gasteiger partial charge in [-0.3, -0.25) is 4.79 Å². The van der Waals surface area contributed by atoms with Gasteiger partial charge in [0, 0.05) is 17.9 Å². The number of hydrogen-bond acceptors (Lipinski definition) is 3. The van der Waals surface area contributed by atoms with E-state index in [2.05, 4.69) is 10.6 Å². The van der Waals surface area contributed by atoms with E-state index in [1.807, 2.05) is 13.8 Å². The predicted molar refractivity (Wildman–Crippen MR) is 71.2 cm³/mol. The van der Waals surface area contributed by atoms with Crippen molar-refractivity contribution in [3.05, 3.63) is 0 Å². The molecule has 1 aliphatic carbocycles. The van der Waals surface area contributed by atoms with E-state index < -0.39 is 0 Å². The van der Waals surface area contributed by atoms with Gasteiger partial charge in [0.1, 0.15) is 0 Å². The maximum Gasteiger partial charge on any atom is 0.220 e. The monoisotopic (exact) mass is 254 g/mol. The molecule has 4 nitrogen and oxygen atoms in total. The average Bonchev–Trinajstić information content (AvgIpc) is 2.37. The summed E-state index contributed by atoms with van der Waals surface area (Å²) in [4.78, 5) is 11.9. The molecule has 2 fully saturated rings. The Morgan fingerprint density at radius 1 is 1.50 bits per heavy atom. The zero-order chi connectivity index (χ0) is 13.2. The fraction of sp³-hybridized carbons (Fsp3) is 0.929. The number of carbonyl (C=O) groups is 1. The quantitative estimate of drug-likeness (QED) is 0.702. The van der Waals surface area contributed by atoms with Crippen molar-refractivity contribution in [1.82, 2.24) is 10.6 Å². The van der Waals surface area contributed by atoms with Crippen LogP contribution < -0.4 is 10.6 Å². The van der Waals surface area contributed by atoms with Gasteiger partial charge >= 0.3 is 0 Å². The van der Waals surface area contributed by atoms with Crippen LogP contribution in [0.2, 0.25) is 0 Å². The molecule has 1 saturated carbocycles. The van der Waals surface area contributed by atoms with Crippen LogP contribution in [-0.4, -0.2) is 36.2 Å². The third kappa shape index (κ3) is 3.04. The van der Waals surface area contributed by atoms with Gasteiger partial charge in [-0.15, -0.1) is 0 Å². The number of piperidine rings is 1. The van der Waals surface area contributed by atoms with Crippen molar-refractivity contribution in [2.75, 3.05) is 13.1 Å². The number of carbonyl (C=O) groups excluding carboxylic acids is 1. The lowest BCUT2D eigenvalue weighted by atomic mass is 9.64. The zero-order valence-electron chi connectivity index (χ0n) is 11.5. The molecule has 1 heterocycles. The molecule has 3 N–H and O–H groups in total. The number of aliphatic hydroxyl groups is 1. The van der Waals surface area contributed by atoms with Gasteiger partial charge in [-0.2, -0.15) is 0 Å². The highest BCUT2D eigenvalue weighted by Gasteiger charge is 2.47. The smallest absolute Gasteiger partial charge is 0.220 e. The number of rotatable bonds is 4. The van der Waals surface area contributed by atoms with E-state index in [4.69, 9.17) is 0 Å². The van der Waals surface area contributed by atoms with E-state index in [0.717, 1.165) is 19.5 Å². The Bertz CT molecular complexity index is 298. The second-order valence-corrected chi connectivity index (χ2v) is 6.44. The SMILES string of the molecule is CC1(C)C(O)CC1NC(=O)CCC1CCCNC1. The molecule has 0 bridgehead atoms. The summed E-state index contributed by atoms with van der Waals surface area (Å²) in [5.74, 6) is 0.801. The van der Waals surface area contributed by atoms with Crippen LogP contribution in [0, 0.1) is 11.3 Å². The van der Waals surface area contributed by atoms with E-state index in [9.17, 15) is 9.90 Å². The first-order chi connectivity index (χ1) is 8.50. The average molecular weight is 254 g/mol. The second kappa shape index (κ2) is 5.57. The fourth-order valence-electron chi connectivity index (χ4n) is 2.92. The maximum absolute atomic E-state index is 11.9. The van der Waals surface area contributed by atoms with Crippen molar-refractivity contribution in [2.45, 2.75) is 58.1 Å². The summed E-state index contributed by atoms with van der Waals surface area (Å²) in [6.07, 6.45) is 4.50. The third-order valence-electron chi connectivity index (χ3n) is 4.73. The molecule has 2 rings (SSSR count). The van der Waals surface area contributed by atoms with E-state index >= 15 is 0 Å². The lowest BCUT2D eigenvalue weighted by Crippen LogP contribution is -2.61. The molecule has 3 unspecified atom stereocenters. The van der Waals surface area contributed by atoms with Gasteiger partial charge in [0.15, 0.2) is 0 Å². The Balaban J connectivity index is 1.66. The number of aliphatic hydroxyl groups excluding tert-OH is 1. The lowest BCUT2D eigenvalue weighted by molar-refractivity contribution is -0.129. The lowest BCUT2D eigenvalue weighted by Gasteiger charge is -2.49. The summed E-state index contributed by atoms with van der Waals surface area (Å²) >= 11 is 0. The van der Waals surface area contributed by atoms with Gasteiger partial charge < -0.3 is 15.7 Å². The predicted octanol–water partition coefficient (Wildman–Crippen LogP) is 1.04. The minimum absolute atomic E-state index is 0.143. The van der Waals surface area contributed by atoms with Gasteiger partial charge in [0.2, 0.25) is 5.91 Å². The van der Waals surface area contributed by atoms with Crippen molar-refractivity contribution in [3.63, 3.8) is 0 Å². The molecule has 1 saturated heterocycles. The van der Waals surface area contributed by atoms with Crippen LogP contribution in [0.25, 0.3) is 0 Å². The van der Waals surface area contributed by atoms with Crippen molar-refractivity contribution in [1.29, 1.82) is 0 Å². The summed E-state index contributed by atoms with van der Waals surface area (Å²) in [6, 6.07) is 0.143. The Morgan fingerprint density at radius 3 is 2.83 bits per heavy atom. The molecule has 2 aliphatic rings. The van der Waals surface area contributed by atoms with Crippen LogP contribution in [0.15, 0.2) is 0 Å². The minimum atomic E-state index is -0.273. The first-order valence-electron chi connectivity index (χ1n) is 7.18. The van der Waals surface area contributed by atoms with Gasteiger partial charge in [-0.25, -0.2) is 0 Å². The van der Waals surface area contributed by atoms with Crippen molar-refractivity contribution in [2.24, 2.45) is 11.3 Å². The highest BCUT2D eigenvalue weighted by atomic mass is 16.3. The first-order valence-corrected chi connectivity index (χ1v) is 7.18. The van der Waals surface area contributed by atoms with Crippen LogP contribution in [0.5, 0.6) is 0 Å². The molecule has 0 aromatic carbocycles. The van der Waals surface area contributed by atoms with Crippen LogP contribution in [0.3, 0.4) is 0 Å². The Kier molecular flexibility index (Phi) is 4.28. The Hall–Kier alpha value is -0.610. The molecule has 1 amide bonds. The topological polar surface area (TPSA) is 61.4 Å². The van der Waals surface area contributed by atoms with E-state index in [1.165, 1.54) is 12.8 Å². The maximum atomic E-state index is 11.9. The molecule has 0 aromatic rings. The third-order valence-corrected chi connectivity index (χ3v) is 4.73. The summed E-state index contributed by atoms with van der Waals surface area (Å²) in [7, 11) is 0. The summed E-state index contributed by atoms with van der Waals surface area (Å²) in [5.41, 5.74) is -0.165. The molecule has 3 atom stereocenters. The fourth-order valence-corrected chi connectivity index (χ4v) is 2.92. The van der Waals surface area contributed by atoms with Crippen molar-refractivity contribution in [3.8, 4) is 0 Å². The van der Waals surface area contributed by atoms with E-state index in [0.29, 0.717) is 18.8 Å². The summed E-state index contributed by atoms with van der Waals surface area (Å²) < 4.78 is 0. The highest BCUT2D eigenvalue weighted by Crippen LogP contribution is 2.40. The number of nitrogens with one attached hydrogen (secondary N) is 2. The number of hydrogen-bond donors (Lipinski definition) is 3. The van der Waals surface area contributed by atoms with Gasteiger partial charge in [-0.1, -0.05) is 13.8 Å². The zero-order valence-corrected chi connectivity index (χ0v) is 11.5. The molecule has 0 aromatic heterocycles. The summed E-state index contributed by atoms with van der Waals surface area (Å²) in [6.45, 7) is 6.20. The van der Waals surface area contributed by atoms with Crippen molar-refractivity contribution >= 4 is 5.91 Å². The Morgan fingerprint density at radius 2 is 2.28 bits per heavy atom. The highest BCUT2D eigenvalue weighted by molar-refractivity contribution is 5.76. The van der Waals surface area contributed by atoms with E-state index in [1.54, 1.807) is 0 Å². The van der Waals surface area contributed by atoms with E-state index in [-0.39, 0.29) is 23.5 Å². The normalized spacial score (nSPS) is 34.7. The molecular weight excluding hydrogens is 228 g/mol. The van der Waals surface area contributed by atoms with Crippen LogP contribution in [0.1, 0.15) is 46.0 Å². The molecule has 4 heteroatoms. The molecule has 104 valence electrons. The molecule has 1 aliphatic heterocycles. The molecule has 0 spiro atoms. The van der Waals surface area contributed by atoms with Crippen LogP contribution in [0.4, 0.5) is 0 Å². The summed E-state index contributed by atoms with van der Waals surface area (Å²) in [5, 5.41) is 16.1. The number of amides is 1. The van der Waals surface area contributed by atoms with Gasteiger partial charge in [0.25, 0.3) is 0 Å². The molecule has 0 radical (unpaired) electrons.